The summed E-state index contributed by atoms with van der Waals surface area (Å²) in [6.07, 6.45) is 2.88. The fourth-order valence-corrected chi connectivity index (χ4v) is 4.99. The van der Waals surface area contributed by atoms with E-state index in [1.807, 2.05) is 81.4 Å². The molecule has 39 heavy (non-hydrogen) atoms. The summed E-state index contributed by atoms with van der Waals surface area (Å²) in [4.78, 5) is 45.9. The van der Waals surface area contributed by atoms with Gasteiger partial charge in [0.15, 0.2) is 5.69 Å². The number of nitrogen functional groups attached to an aromatic ring is 1. The molecule has 4 rings (SSSR count). The van der Waals surface area contributed by atoms with Crippen LogP contribution in [0.4, 0.5) is 5.69 Å². The van der Waals surface area contributed by atoms with E-state index in [1.165, 1.54) is 4.90 Å². The first-order chi connectivity index (χ1) is 18.6. The maximum atomic E-state index is 14.1. The van der Waals surface area contributed by atoms with E-state index < -0.39 is 23.4 Å². The number of primary amides is 1. The molecule has 0 radical (unpaired) electrons. The Morgan fingerprint density at radius 1 is 1.08 bits per heavy atom. The van der Waals surface area contributed by atoms with E-state index in [4.69, 9.17) is 11.5 Å². The van der Waals surface area contributed by atoms with Crippen molar-refractivity contribution >= 4 is 45.8 Å². The number of fused-ring (bicyclic) bond motifs is 1. The van der Waals surface area contributed by atoms with Gasteiger partial charge in [-0.2, -0.15) is 4.37 Å². The number of amides is 3. The average molecular weight is 545 g/mol. The van der Waals surface area contributed by atoms with Crippen molar-refractivity contribution in [2.24, 2.45) is 5.73 Å². The van der Waals surface area contributed by atoms with Crippen molar-refractivity contribution in [3.63, 3.8) is 0 Å². The predicted molar refractivity (Wildman–Crippen MR) is 153 cm³/mol. The minimum atomic E-state index is -0.991. The van der Waals surface area contributed by atoms with Gasteiger partial charge < -0.3 is 21.7 Å². The summed E-state index contributed by atoms with van der Waals surface area (Å²) in [5, 5.41) is 3.95. The number of carbonyl (C=O) groups is 3. The molecule has 2 heterocycles. The van der Waals surface area contributed by atoms with Crippen LogP contribution >= 0.6 is 11.5 Å². The highest BCUT2D eigenvalue weighted by molar-refractivity contribution is 7.09. The molecule has 10 heteroatoms. The van der Waals surface area contributed by atoms with Gasteiger partial charge in [0, 0.05) is 23.7 Å². The Hall–Kier alpha value is -4.31. The number of hydrogen-bond acceptors (Lipinski definition) is 7. The molecule has 0 bridgehead atoms. The first-order valence-corrected chi connectivity index (χ1v) is 13.4. The molecule has 0 fully saturated rings. The molecule has 0 aliphatic heterocycles. The van der Waals surface area contributed by atoms with Crippen LogP contribution in [0.3, 0.4) is 0 Å². The molecule has 0 aliphatic rings. The molecule has 5 N–H and O–H groups in total. The van der Waals surface area contributed by atoms with Crippen molar-refractivity contribution in [3.8, 4) is 0 Å². The van der Waals surface area contributed by atoms with Gasteiger partial charge in [-0.25, -0.2) is 0 Å². The van der Waals surface area contributed by atoms with Crippen LogP contribution in [-0.2, 0) is 11.2 Å². The predicted octanol–water partition coefficient (Wildman–Crippen LogP) is 4.10. The number of carbonyl (C=O) groups excluding carboxylic acids is 3. The normalized spacial score (nSPS) is 12.2. The van der Waals surface area contributed by atoms with Crippen LogP contribution in [0.5, 0.6) is 0 Å². The highest BCUT2D eigenvalue weighted by Crippen LogP contribution is 2.31. The third-order valence-corrected chi connectivity index (χ3v) is 7.60. The third-order valence-electron chi connectivity index (χ3n) is 6.75. The smallest absolute Gasteiger partial charge is 0.270 e. The number of rotatable bonds is 10. The third kappa shape index (κ3) is 6.23. The SMILES string of the molecule is CCC(C)(C)NC(=O)[C@H](c1ccc2ncccc2c1)N(CCc1ccccc1)C(=O)c1snc(C(N)=O)c1N. The number of anilines is 1. The lowest BCUT2D eigenvalue weighted by Gasteiger charge is -2.34. The quantitative estimate of drug-likeness (QED) is 0.274. The molecular weight excluding hydrogens is 512 g/mol. The van der Waals surface area contributed by atoms with Gasteiger partial charge in [0.25, 0.3) is 11.8 Å². The van der Waals surface area contributed by atoms with Gasteiger partial charge in [0.1, 0.15) is 10.9 Å². The van der Waals surface area contributed by atoms with Gasteiger partial charge in [-0.05, 0) is 67.5 Å². The Balaban J connectivity index is 1.84. The van der Waals surface area contributed by atoms with Crippen LogP contribution < -0.4 is 16.8 Å². The van der Waals surface area contributed by atoms with Gasteiger partial charge in [-0.1, -0.05) is 49.4 Å². The number of nitrogens with one attached hydrogen (secondary N) is 1. The van der Waals surface area contributed by atoms with Crippen molar-refractivity contribution in [2.75, 3.05) is 12.3 Å². The molecule has 4 aromatic rings. The molecule has 0 aliphatic carbocycles. The number of benzene rings is 2. The summed E-state index contributed by atoms with van der Waals surface area (Å²) in [6.45, 7) is 6.06. The Kier molecular flexibility index (Phi) is 8.25. The maximum absolute atomic E-state index is 14.1. The monoisotopic (exact) mass is 544 g/mol. The molecule has 3 amide bonds. The summed E-state index contributed by atoms with van der Waals surface area (Å²) >= 11 is 0.798. The summed E-state index contributed by atoms with van der Waals surface area (Å²) in [5.41, 5.74) is 13.2. The molecular formula is C29H32N6O3S. The molecule has 2 aromatic heterocycles. The van der Waals surface area contributed by atoms with Crippen LogP contribution in [0.2, 0.25) is 0 Å². The van der Waals surface area contributed by atoms with Gasteiger partial charge in [-0.3, -0.25) is 19.4 Å². The topological polar surface area (TPSA) is 144 Å². The first kappa shape index (κ1) is 27.7. The van der Waals surface area contributed by atoms with E-state index in [2.05, 4.69) is 14.7 Å². The fraction of sp³-hybridized carbons (Fsp3) is 0.276. The lowest BCUT2D eigenvalue weighted by molar-refractivity contribution is -0.127. The first-order valence-electron chi connectivity index (χ1n) is 12.7. The van der Waals surface area contributed by atoms with Gasteiger partial charge in [0.05, 0.1) is 11.2 Å². The highest BCUT2D eigenvalue weighted by Gasteiger charge is 2.36. The zero-order valence-electron chi connectivity index (χ0n) is 22.2. The molecule has 9 nitrogen and oxygen atoms in total. The Morgan fingerprint density at radius 2 is 1.82 bits per heavy atom. The van der Waals surface area contributed by atoms with Crippen molar-refractivity contribution in [2.45, 2.75) is 45.2 Å². The minimum Gasteiger partial charge on any atom is -0.395 e. The number of pyridine rings is 1. The average Bonchev–Trinajstić information content (AvgIpc) is 3.32. The molecule has 0 saturated carbocycles. The van der Waals surface area contributed by atoms with Crippen LogP contribution in [0.25, 0.3) is 10.9 Å². The van der Waals surface area contributed by atoms with E-state index >= 15 is 0 Å². The van der Waals surface area contributed by atoms with Crippen molar-refractivity contribution in [1.29, 1.82) is 0 Å². The van der Waals surface area contributed by atoms with Crippen LogP contribution in [-0.4, -0.2) is 44.1 Å². The zero-order chi connectivity index (χ0) is 28.2. The lowest BCUT2D eigenvalue weighted by atomic mass is 9.97. The minimum absolute atomic E-state index is 0.0619. The second-order valence-electron chi connectivity index (χ2n) is 9.96. The summed E-state index contributed by atoms with van der Waals surface area (Å²) in [6, 6.07) is 18.0. The Bertz CT molecular complexity index is 1500. The maximum Gasteiger partial charge on any atom is 0.270 e. The Labute approximate surface area is 231 Å². The summed E-state index contributed by atoms with van der Waals surface area (Å²) in [7, 11) is 0. The molecule has 0 saturated heterocycles. The van der Waals surface area contributed by atoms with Crippen molar-refractivity contribution in [1.82, 2.24) is 19.6 Å². The van der Waals surface area contributed by atoms with Gasteiger partial charge in [0.2, 0.25) is 5.91 Å². The molecule has 0 spiro atoms. The zero-order valence-corrected chi connectivity index (χ0v) is 23.0. The summed E-state index contributed by atoms with van der Waals surface area (Å²) < 4.78 is 4.01. The van der Waals surface area contributed by atoms with E-state index in [0.717, 1.165) is 28.0 Å². The standard InChI is InChI=1S/C29H32N6O3S/c1-4-29(2,3)33-27(37)24(20-12-13-21-19(17-20)11-8-15-32-21)35(16-14-18-9-6-5-7-10-18)28(38)25-22(30)23(26(31)36)34-39-25/h5-13,15,17,24H,4,14,16,30H2,1-3H3,(H2,31,36)(H,33,37)/t24-/m0/s1. The lowest BCUT2D eigenvalue weighted by Crippen LogP contribution is -2.50. The Morgan fingerprint density at radius 3 is 2.49 bits per heavy atom. The summed E-state index contributed by atoms with van der Waals surface area (Å²) in [5.74, 6) is -1.65. The molecule has 2 aromatic carbocycles. The van der Waals surface area contributed by atoms with Crippen LogP contribution in [0, 0.1) is 0 Å². The second kappa shape index (κ2) is 11.6. The van der Waals surface area contributed by atoms with Gasteiger partial charge >= 0.3 is 0 Å². The van der Waals surface area contributed by atoms with Crippen LogP contribution in [0.1, 0.15) is 64.5 Å². The van der Waals surface area contributed by atoms with Crippen molar-refractivity contribution < 1.29 is 14.4 Å². The number of hydrogen-bond donors (Lipinski definition) is 3. The van der Waals surface area contributed by atoms with Crippen LogP contribution in [0.15, 0.2) is 66.9 Å². The highest BCUT2D eigenvalue weighted by atomic mass is 32.1. The number of nitrogens with two attached hydrogens (primary N) is 2. The van der Waals surface area contributed by atoms with Gasteiger partial charge in [-0.15, -0.1) is 0 Å². The largest absolute Gasteiger partial charge is 0.395 e. The van der Waals surface area contributed by atoms with E-state index in [-0.39, 0.29) is 28.7 Å². The van der Waals surface area contributed by atoms with E-state index in [0.29, 0.717) is 18.4 Å². The molecule has 0 unspecified atom stereocenters. The molecule has 202 valence electrons. The van der Waals surface area contributed by atoms with E-state index in [9.17, 15) is 14.4 Å². The second-order valence-corrected chi connectivity index (χ2v) is 10.7. The molecule has 1 atom stereocenters. The number of nitrogens with zero attached hydrogens (tertiary/aromatic N) is 3. The van der Waals surface area contributed by atoms with E-state index in [1.54, 1.807) is 6.20 Å². The number of aromatic nitrogens is 2. The van der Waals surface area contributed by atoms with Crippen molar-refractivity contribution in [3.05, 3.63) is 88.6 Å². The fourth-order valence-electron chi connectivity index (χ4n) is 4.23.